The van der Waals surface area contributed by atoms with Crippen LogP contribution in [0.25, 0.3) is 16.8 Å². The molecule has 0 saturated carbocycles. The maximum Gasteiger partial charge on any atom is 0.270 e. The van der Waals surface area contributed by atoms with Gasteiger partial charge in [0.2, 0.25) is 0 Å². The van der Waals surface area contributed by atoms with Gasteiger partial charge in [0, 0.05) is 33.7 Å². The lowest BCUT2D eigenvalue weighted by molar-refractivity contribution is -0.384. The highest BCUT2D eigenvalue weighted by atomic mass is 79.9. The Morgan fingerprint density at radius 2 is 2.19 bits per heavy atom. The van der Waals surface area contributed by atoms with Crippen molar-refractivity contribution in [2.75, 3.05) is 5.32 Å². The fourth-order valence-electron chi connectivity index (χ4n) is 2.34. The second-order valence-corrected chi connectivity index (χ2v) is 7.36. The van der Waals surface area contributed by atoms with Crippen molar-refractivity contribution in [1.82, 2.24) is 4.98 Å². The second kappa shape index (κ2) is 8.12. The molecule has 134 valence electrons. The smallest absolute Gasteiger partial charge is 0.270 e. The van der Waals surface area contributed by atoms with Crippen molar-refractivity contribution in [3.05, 3.63) is 79.2 Å². The van der Waals surface area contributed by atoms with Crippen LogP contribution in [-0.2, 0) is 0 Å². The molecule has 0 amide bonds. The van der Waals surface area contributed by atoms with Gasteiger partial charge >= 0.3 is 0 Å². The average molecular weight is 441 g/mol. The van der Waals surface area contributed by atoms with Crippen LogP contribution < -0.4 is 5.32 Å². The summed E-state index contributed by atoms with van der Waals surface area (Å²) in [5.41, 5.74) is 3.57. The SMILES string of the molecule is Cc1ccc(NC=C(C#N)c2nc(-c3cccc([N+](=O)[O-])c3)cs2)c(Br)c1. The minimum absolute atomic E-state index is 0.00369. The summed E-state index contributed by atoms with van der Waals surface area (Å²) in [4.78, 5) is 14.9. The van der Waals surface area contributed by atoms with Crippen molar-refractivity contribution in [3.8, 4) is 17.3 Å². The van der Waals surface area contributed by atoms with Crippen LogP contribution in [0.1, 0.15) is 10.6 Å². The third-order valence-corrected chi connectivity index (χ3v) is 5.24. The molecule has 0 radical (unpaired) electrons. The van der Waals surface area contributed by atoms with E-state index in [9.17, 15) is 15.4 Å². The maximum atomic E-state index is 10.9. The van der Waals surface area contributed by atoms with Gasteiger partial charge in [0.1, 0.15) is 16.6 Å². The van der Waals surface area contributed by atoms with E-state index >= 15 is 0 Å². The molecule has 0 bridgehead atoms. The summed E-state index contributed by atoms with van der Waals surface area (Å²) in [6.45, 7) is 2.00. The molecule has 3 aromatic rings. The number of thiazole rings is 1. The lowest BCUT2D eigenvalue weighted by atomic mass is 10.1. The molecule has 0 spiro atoms. The molecule has 0 aliphatic rings. The van der Waals surface area contributed by atoms with Gasteiger partial charge in [0.05, 0.1) is 16.3 Å². The molecule has 1 N–H and O–H groups in total. The van der Waals surface area contributed by atoms with E-state index in [1.54, 1.807) is 23.7 Å². The molecule has 8 heteroatoms. The molecular weight excluding hydrogens is 428 g/mol. The van der Waals surface area contributed by atoms with Gasteiger partial charge in [0.15, 0.2) is 0 Å². The Kier molecular flexibility index (Phi) is 5.64. The van der Waals surface area contributed by atoms with Crippen molar-refractivity contribution in [3.63, 3.8) is 0 Å². The van der Waals surface area contributed by atoms with Crippen molar-refractivity contribution in [2.24, 2.45) is 0 Å². The number of non-ortho nitro benzene ring substituents is 1. The van der Waals surface area contributed by atoms with Crippen LogP contribution in [0.5, 0.6) is 0 Å². The second-order valence-electron chi connectivity index (χ2n) is 5.64. The summed E-state index contributed by atoms with van der Waals surface area (Å²) >= 11 is 4.80. The number of allylic oxidation sites excluding steroid dienone is 1. The Morgan fingerprint density at radius 1 is 1.37 bits per heavy atom. The first-order valence-corrected chi connectivity index (χ1v) is 9.49. The predicted octanol–water partition coefficient (Wildman–Crippen LogP) is 5.77. The lowest BCUT2D eigenvalue weighted by Gasteiger charge is -2.05. The third-order valence-electron chi connectivity index (χ3n) is 3.70. The monoisotopic (exact) mass is 440 g/mol. The van der Waals surface area contributed by atoms with Crippen LogP contribution >= 0.6 is 27.3 Å². The summed E-state index contributed by atoms with van der Waals surface area (Å²) in [6.07, 6.45) is 1.60. The minimum Gasteiger partial charge on any atom is -0.359 e. The zero-order valence-corrected chi connectivity index (χ0v) is 16.5. The first-order valence-electron chi connectivity index (χ1n) is 7.81. The quantitative estimate of drug-likeness (QED) is 0.309. The maximum absolute atomic E-state index is 10.9. The number of anilines is 1. The summed E-state index contributed by atoms with van der Waals surface area (Å²) in [5, 5.41) is 25.8. The Labute approximate surface area is 168 Å². The van der Waals surface area contributed by atoms with Gasteiger partial charge in [-0.25, -0.2) is 4.98 Å². The highest BCUT2D eigenvalue weighted by Gasteiger charge is 2.12. The van der Waals surface area contributed by atoms with E-state index in [-0.39, 0.29) is 5.69 Å². The number of nitriles is 1. The van der Waals surface area contributed by atoms with Gasteiger partial charge in [-0.05, 0) is 40.5 Å². The van der Waals surface area contributed by atoms with Gasteiger partial charge in [-0.1, -0.05) is 18.2 Å². The minimum atomic E-state index is -0.444. The molecule has 3 rings (SSSR count). The molecule has 6 nitrogen and oxygen atoms in total. The third kappa shape index (κ3) is 4.39. The highest BCUT2D eigenvalue weighted by molar-refractivity contribution is 9.10. The van der Waals surface area contributed by atoms with Gasteiger partial charge in [-0.15, -0.1) is 11.3 Å². The number of aryl methyl sites for hydroxylation is 1. The summed E-state index contributed by atoms with van der Waals surface area (Å²) in [5.74, 6) is 0. The molecule has 1 aromatic heterocycles. The molecule has 27 heavy (non-hydrogen) atoms. The van der Waals surface area contributed by atoms with E-state index in [0.717, 1.165) is 15.7 Å². The Hall–Kier alpha value is -3.02. The number of nitro benzene ring substituents is 1. The molecule has 0 atom stereocenters. The fourth-order valence-corrected chi connectivity index (χ4v) is 3.74. The number of nitrogens with one attached hydrogen (secondary N) is 1. The highest BCUT2D eigenvalue weighted by Crippen LogP contribution is 2.29. The van der Waals surface area contributed by atoms with E-state index in [1.807, 2.05) is 25.1 Å². The van der Waals surface area contributed by atoms with Crippen molar-refractivity contribution in [1.29, 1.82) is 5.26 Å². The standard InChI is InChI=1S/C19H13BrN4O2S/c1-12-5-6-17(16(20)7-12)22-10-14(9-21)19-23-18(11-27-19)13-3-2-4-15(8-13)24(25)26/h2-8,10-11,22H,1H3. The number of nitrogens with zero attached hydrogens (tertiary/aromatic N) is 3. The van der Waals surface area contributed by atoms with Crippen LogP contribution in [0.3, 0.4) is 0 Å². The van der Waals surface area contributed by atoms with Gasteiger partial charge in [0.25, 0.3) is 5.69 Å². The topological polar surface area (TPSA) is 91.8 Å². The van der Waals surface area contributed by atoms with E-state index in [2.05, 4.69) is 32.3 Å². The number of hydrogen-bond acceptors (Lipinski definition) is 6. The van der Waals surface area contributed by atoms with E-state index in [1.165, 1.54) is 23.5 Å². The Morgan fingerprint density at radius 3 is 2.89 bits per heavy atom. The number of nitro groups is 1. The van der Waals surface area contributed by atoms with Crippen LogP contribution in [-0.4, -0.2) is 9.91 Å². The number of benzene rings is 2. The Balaban J connectivity index is 1.86. The van der Waals surface area contributed by atoms with Crippen LogP contribution in [0.4, 0.5) is 11.4 Å². The van der Waals surface area contributed by atoms with Gasteiger partial charge < -0.3 is 5.32 Å². The zero-order valence-electron chi connectivity index (χ0n) is 14.1. The van der Waals surface area contributed by atoms with Crippen LogP contribution in [0.15, 0.2) is 58.5 Å². The molecular formula is C19H13BrN4O2S. The normalized spacial score (nSPS) is 11.1. The summed E-state index contributed by atoms with van der Waals surface area (Å²) in [6, 6.07) is 14.3. The fraction of sp³-hybridized carbons (Fsp3) is 0.0526. The van der Waals surface area contributed by atoms with E-state index in [0.29, 0.717) is 21.8 Å². The van der Waals surface area contributed by atoms with E-state index in [4.69, 9.17) is 0 Å². The number of rotatable bonds is 5. The molecule has 0 saturated heterocycles. The van der Waals surface area contributed by atoms with Crippen LogP contribution in [0.2, 0.25) is 0 Å². The molecule has 2 aromatic carbocycles. The summed E-state index contributed by atoms with van der Waals surface area (Å²) < 4.78 is 0.896. The van der Waals surface area contributed by atoms with Crippen molar-refractivity contribution >= 4 is 44.2 Å². The average Bonchev–Trinajstić information content (AvgIpc) is 3.14. The van der Waals surface area contributed by atoms with Crippen LogP contribution in [0, 0.1) is 28.4 Å². The first kappa shape index (κ1) is 18.8. The van der Waals surface area contributed by atoms with Crippen molar-refractivity contribution < 1.29 is 4.92 Å². The number of hydrogen-bond donors (Lipinski definition) is 1. The molecule has 0 unspecified atom stereocenters. The Bertz CT molecular complexity index is 1090. The van der Waals surface area contributed by atoms with Gasteiger partial charge in [-0.3, -0.25) is 10.1 Å². The van der Waals surface area contributed by atoms with E-state index < -0.39 is 4.92 Å². The zero-order chi connectivity index (χ0) is 19.4. The molecule has 1 heterocycles. The predicted molar refractivity (Wildman–Crippen MR) is 110 cm³/mol. The number of halogens is 1. The first-order chi connectivity index (χ1) is 13.0. The summed E-state index contributed by atoms with van der Waals surface area (Å²) in [7, 11) is 0. The molecule has 0 aliphatic carbocycles. The molecule has 0 aliphatic heterocycles. The van der Waals surface area contributed by atoms with Crippen molar-refractivity contribution in [2.45, 2.75) is 6.92 Å². The van der Waals surface area contributed by atoms with Gasteiger partial charge in [-0.2, -0.15) is 5.26 Å². The lowest BCUT2D eigenvalue weighted by Crippen LogP contribution is -1.92. The molecule has 0 fully saturated rings. The largest absolute Gasteiger partial charge is 0.359 e. The number of aromatic nitrogens is 1.